The molecule has 2 aromatic rings. The number of carbonyl (C=O) groups excluding carboxylic acids is 1. The van der Waals surface area contributed by atoms with Gasteiger partial charge in [-0.25, -0.2) is 8.78 Å². The van der Waals surface area contributed by atoms with Gasteiger partial charge in [-0.05, 0) is 29.8 Å². The van der Waals surface area contributed by atoms with Crippen molar-refractivity contribution in [2.45, 2.75) is 6.54 Å². The predicted molar refractivity (Wildman–Crippen MR) is 79.9 cm³/mol. The molecule has 0 bridgehead atoms. The van der Waals surface area contributed by atoms with Gasteiger partial charge in [0.2, 0.25) is 0 Å². The lowest BCUT2D eigenvalue weighted by molar-refractivity contribution is 0.0951. The van der Waals surface area contributed by atoms with Crippen molar-refractivity contribution in [2.75, 3.05) is 0 Å². The molecule has 0 heterocycles. The van der Waals surface area contributed by atoms with Crippen LogP contribution in [0.5, 0.6) is 0 Å². The van der Waals surface area contributed by atoms with Gasteiger partial charge in [0.25, 0.3) is 5.91 Å². The number of carbonyl (C=O) groups is 1. The van der Waals surface area contributed by atoms with Crippen LogP contribution in [0.2, 0.25) is 0 Å². The minimum atomic E-state index is -0.942. The van der Waals surface area contributed by atoms with Crippen molar-refractivity contribution >= 4 is 23.1 Å². The molecule has 21 heavy (non-hydrogen) atoms. The number of halogens is 2. The van der Waals surface area contributed by atoms with E-state index in [0.717, 1.165) is 12.1 Å². The maximum absolute atomic E-state index is 13.0. The van der Waals surface area contributed by atoms with Gasteiger partial charge in [0.15, 0.2) is 11.6 Å². The Hall–Kier alpha value is -2.34. The Morgan fingerprint density at radius 2 is 1.67 bits per heavy atom. The van der Waals surface area contributed by atoms with Crippen LogP contribution in [0.25, 0.3) is 0 Å². The van der Waals surface area contributed by atoms with Gasteiger partial charge in [-0.2, -0.15) is 0 Å². The minimum absolute atomic E-state index is 0.104. The summed E-state index contributed by atoms with van der Waals surface area (Å²) in [4.78, 5) is 12.2. The summed E-state index contributed by atoms with van der Waals surface area (Å²) in [6, 6.07) is 9.96. The van der Waals surface area contributed by atoms with Crippen molar-refractivity contribution in [3.63, 3.8) is 0 Å². The molecule has 0 atom stereocenters. The molecule has 3 nitrogen and oxygen atoms in total. The standard InChI is InChI=1S/C15H12F2N2OS/c16-12-6-1-9(7-13(12)17)8-19-15(20)11-4-2-10(3-5-11)14(18)21/h1-7H,8H2,(H2,18,21)(H,19,20). The highest BCUT2D eigenvalue weighted by Gasteiger charge is 2.07. The van der Waals surface area contributed by atoms with Crippen LogP contribution in [0.4, 0.5) is 8.78 Å². The van der Waals surface area contributed by atoms with E-state index in [0.29, 0.717) is 16.7 Å². The Kier molecular flexibility index (Phi) is 4.59. The van der Waals surface area contributed by atoms with E-state index in [4.69, 9.17) is 18.0 Å². The topological polar surface area (TPSA) is 55.1 Å². The number of nitrogens with two attached hydrogens (primary N) is 1. The smallest absolute Gasteiger partial charge is 0.251 e. The average molecular weight is 306 g/mol. The Morgan fingerprint density at radius 3 is 2.24 bits per heavy atom. The van der Waals surface area contributed by atoms with E-state index in [1.165, 1.54) is 6.07 Å². The molecule has 108 valence electrons. The first-order valence-corrected chi connectivity index (χ1v) is 6.50. The number of amides is 1. The highest BCUT2D eigenvalue weighted by atomic mass is 32.1. The molecule has 0 aliphatic heterocycles. The van der Waals surface area contributed by atoms with E-state index < -0.39 is 11.6 Å². The molecule has 0 unspecified atom stereocenters. The van der Waals surface area contributed by atoms with Crippen molar-refractivity contribution < 1.29 is 13.6 Å². The third kappa shape index (κ3) is 3.82. The lowest BCUT2D eigenvalue weighted by Crippen LogP contribution is -2.23. The van der Waals surface area contributed by atoms with Crippen molar-refractivity contribution in [1.82, 2.24) is 5.32 Å². The fourth-order valence-corrected chi connectivity index (χ4v) is 1.86. The number of benzene rings is 2. The second-order valence-electron chi connectivity index (χ2n) is 4.37. The van der Waals surface area contributed by atoms with Gasteiger partial charge >= 0.3 is 0 Å². The van der Waals surface area contributed by atoms with Gasteiger partial charge in [0.05, 0.1) is 0 Å². The van der Waals surface area contributed by atoms with Crippen LogP contribution in [0.1, 0.15) is 21.5 Å². The van der Waals surface area contributed by atoms with E-state index in [9.17, 15) is 13.6 Å². The molecule has 0 saturated heterocycles. The molecule has 0 saturated carbocycles. The van der Waals surface area contributed by atoms with Gasteiger partial charge in [-0.3, -0.25) is 4.79 Å². The zero-order chi connectivity index (χ0) is 15.4. The monoisotopic (exact) mass is 306 g/mol. The summed E-state index contributed by atoms with van der Waals surface area (Å²) < 4.78 is 25.8. The molecule has 0 aliphatic rings. The number of rotatable bonds is 4. The van der Waals surface area contributed by atoms with Crippen LogP contribution in [0.3, 0.4) is 0 Å². The summed E-state index contributed by atoms with van der Waals surface area (Å²) >= 11 is 4.82. The Labute approximate surface area is 125 Å². The van der Waals surface area contributed by atoms with E-state index in [-0.39, 0.29) is 17.4 Å². The van der Waals surface area contributed by atoms with Crippen molar-refractivity contribution in [1.29, 1.82) is 0 Å². The van der Waals surface area contributed by atoms with E-state index >= 15 is 0 Å². The van der Waals surface area contributed by atoms with E-state index in [2.05, 4.69) is 5.32 Å². The molecule has 0 radical (unpaired) electrons. The lowest BCUT2D eigenvalue weighted by atomic mass is 10.1. The zero-order valence-electron chi connectivity index (χ0n) is 10.9. The first-order valence-electron chi connectivity index (χ1n) is 6.09. The second-order valence-corrected chi connectivity index (χ2v) is 4.81. The summed E-state index contributed by atoms with van der Waals surface area (Å²) in [6.45, 7) is 0.104. The third-order valence-electron chi connectivity index (χ3n) is 2.87. The number of nitrogens with one attached hydrogen (secondary N) is 1. The molecule has 1 amide bonds. The predicted octanol–water partition coefficient (Wildman–Crippen LogP) is 2.53. The first kappa shape index (κ1) is 15.1. The van der Waals surface area contributed by atoms with Crippen LogP contribution in [-0.4, -0.2) is 10.9 Å². The zero-order valence-corrected chi connectivity index (χ0v) is 11.7. The molecule has 3 N–H and O–H groups in total. The van der Waals surface area contributed by atoms with E-state index in [1.807, 2.05) is 0 Å². The molecular weight excluding hydrogens is 294 g/mol. The Balaban J connectivity index is 2.01. The Morgan fingerprint density at radius 1 is 1.05 bits per heavy atom. The first-order chi connectivity index (χ1) is 9.97. The van der Waals surface area contributed by atoms with Crippen molar-refractivity contribution in [3.05, 3.63) is 70.8 Å². The molecule has 2 aromatic carbocycles. The molecule has 0 spiro atoms. The SMILES string of the molecule is NC(=S)c1ccc(C(=O)NCc2ccc(F)c(F)c2)cc1. The van der Waals surface area contributed by atoms with Crippen LogP contribution in [0.15, 0.2) is 42.5 Å². The lowest BCUT2D eigenvalue weighted by Gasteiger charge is -2.06. The van der Waals surface area contributed by atoms with Crippen LogP contribution < -0.4 is 11.1 Å². The largest absolute Gasteiger partial charge is 0.389 e. The normalized spacial score (nSPS) is 10.2. The number of thiocarbonyl (C=S) groups is 1. The fraction of sp³-hybridized carbons (Fsp3) is 0.0667. The van der Waals surface area contributed by atoms with Crippen molar-refractivity contribution in [2.24, 2.45) is 5.73 Å². The van der Waals surface area contributed by atoms with Gasteiger partial charge < -0.3 is 11.1 Å². The highest BCUT2D eigenvalue weighted by Crippen LogP contribution is 2.09. The molecule has 0 fully saturated rings. The number of hydrogen-bond acceptors (Lipinski definition) is 2. The number of hydrogen-bond donors (Lipinski definition) is 2. The summed E-state index contributed by atoms with van der Waals surface area (Å²) in [6.07, 6.45) is 0. The second kappa shape index (κ2) is 6.41. The van der Waals surface area contributed by atoms with Crippen LogP contribution in [-0.2, 0) is 6.54 Å². The summed E-state index contributed by atoms with van der Waals surface area (Å²) in [5.74, 6) is -2.18. The molecule has 0 aromatic heterocycles. The molecular formula is C15H12F2N2OS. The van der Waals surface area contributed by atoms with Gasteiger partial charge in [0, 0.05) is 17.7 Å². The van der Waals surface area contributed by atoms with E-state index in [1.54, 1.807) is 24.3 Å². The third-order valence-corrected chi connectivity index (χ3v) is 3.10. The van der Waals surface area contributed by atoms with Crippen molar-refractivity contribution in [3.8, 4) is 0 Å². The quantitative estimate of drug-likeness (QED) is 0.854. The summed E-state index contributed by atoms with van der Waals surface area (Å²) in [5, 5.41) is 2.62. The van der Waals surface area contributed by atoms with Crippen LogP contribution >= 0.6 is 12.2 Å². The average Bonchev–Trinajstić information content (AvgIpc) is 2.48. The molecule has 2 rings (SSSR count). The Bertz CT molecular complexity index is 687. The van der Waals surface area contributed by atoms with Crippen LogP contribution in [0, 0.1) is 11.6 Å². The van der Waals surface area contributed by atoms with Gasteiger partial charge in [-0.15, -0.1) is 0 Å². The summed E-state index contributed by atoms with van der Waals surface area (Å²) in [7, 11) is 0. The summed E-state index contributed by atoms with van der Waals surface area (Å²) in [5.41, 5.74) is 7.04. The molecule has 0 aliphatic carbocycles. The molecule has 6 heteroatoms. The maximum Gasteiger partial charge on any atom is 0.251 e. The van der Waals surface area contributed by atoms with Gasteiger partial charge in [-0.1, -0.05) is 30.4 Å². The fourth-order valence-electron chi connectivity index (χ4n) is 1.72. The maximum atomic E-state index is 13.0. The highest BCUT2D eigenvalue weighted by molar-refractivity contribution is 7.80. The van der Waals surface area contributed by atoms with Gasteiger partial charge in [0.1, 0.15) is 4.99 Å². The minimum Gasteiger partial charge on any atom is -0.389 e.